The van der Waals surface area contributed by atoms with Crippen LogP contribution < -0.4 is 5.32 Å². The molecule has 0 amide bonds. The maximum Gasteiger partial charge on any atom is 0.312 e. The Hall–Kier alpha value is -1.37. The third-order valence-corrected chi connectivity index (χ3v) is 3.59. The van der Waals surface area contributed by atoms with E-state index in [1.807, 2.05) is 13.8 Å². The number of nitro groups is 1. The molecule has 0 heterocycles. The van der Waals surface area contributed by atoms with Gasteiger partial charge in [-0.1, -0.05) is 25.4 Å². The van der Waals surface area contributed by atoms with E-state index in [0.717, 1.165) is 6.07 Å². The Morgan fingerprint density at radius 1 is 1.50 bits per heavy atom. The Balaban J connectivity index is 2.81. The van der Waals surface area contributed by atoms with Crippen molar-refractivity contribution < 1.29 is 15.1 Å². The average molecular weight is 303 g/mol. The second kappa shape index (κ2) is 6.39. The Morgan fingerprint density at radius 2 is 2.10 bits per heavy atom. The summed E-state index contributed by atoms with van der Waals surface area (Å²) in [7, 11) is 0. The largest absolute Gasteiger partial charge is 0.502 e. The molecule has 1 rings (SSSR count). The Kier molecular flexibility index (Phi) is 5.33. The van der Waals surface area contributed by atoms with E-state index in [1.165, 1.54) is 6.07 Å². The number of halogens is 1. The maximum atomic E-state index is 10.8. The molecule has 0 aromatic heterocycles. The highest BCUT2D eigenvalue weighted by Gasteiger charge is 2.25. The maximum absolute atomic E-state index is 10.8. The van der Waals surface area contributed by atoms with Gasteiger partial charge in [0.2, 0.25) is 0 Å². The van der Waals surface area contributed by atoms with Crippen LogP contribution in [0.2, 0.25) is 5.02 Å². The highest BCUT2D eigenvalue weighted by Crippen LogP contribution is 2.33. The van der Waals surface area contributed by atoms with Gasteiger partial charge in [0.1, 0.15) is 0 Å². The lowest BCUT2D eigenvalue weighted by Gasteiger charge is -2.28. The van der Waals surface area contributed by atoms with Crippen LogP contribution in [0.25, 0.3) is 0 Å². The first-order valence-corrected chi connectivity index (χ1v) is 6.62. The first-order valence-electron chi connectivity index (χ1n) is 6.24. The van der Waals surface area contributed by atoms with Gasteiger partial charge in [0.15, 0.2) is 5.75 Å². The number of hydrogen-bond acceptors (Lipinski definition) is 5. The predicted octanol–water partition coefficient (Wildman–Crippen LogP) is 2.45. The van der Waals surface area contributed by atoms with Crippen molar-refractivity contribution in [3.63, 3.8) is 0 Å². The van der Waals surface area contributed by atoms with Crippen molar-refractivity contribution in [1.82, 2.24) is 5.32 Å². The molecular weight excluding hydrogens is 284 g/mol. The number of hydrogen-bond donors (Lipinski definition) is 3. The molecule has 1 aromatic rings. The predicted molar refractivity (Wildman–Crippen MR) is 76.9 cm³/mol. The van der Waals surface area contributed by atoms with Gasteiger partial charge in [0, 0.05) is 29.7 Å². The normalized spacial score (nSPS) is 14.3. The van der Waals surface area contributed by atoms with Crippen molar-refractivity contribution in [3.8, 4) is 5.75 Å². The number of phenolic OH excluding ortho intramolecular Hbond substituents is 1. The minimum atomic E-state index is -0.903. The fourth-order valence-corrected chi connectivity index (χ4v) is 1.80. The monoisotopic (exact) mass is 302 g/mol. The number of aliphatic hydroxyl groups is 1. The molecule has 0 bridgehead atoms. The minimum absolute atomic E-state index is 0.0531. The molecule has 0 radical (unpaired) electrons. The van der Waals surface area contributed by atoms with Gasteiger partial charge in [0.05, 0.1) is 10.5 Å². The summed E-state index contributed by atoms with van der Waals surface area (Å²) in [5.74, 6) is -0.353. The quantitative estimate of drug-likeness (QED) is 0.554. The summed E-state index contributed by atoms with van der Waals surface area (Å²) in [5, 5.41) is 33.8. The van der Waals surface area contributed by atoms with Gasteiger partial charge < -0.3 is 15.5 Å². The van der Waals surface area contributed by atoms with Crippen molar-refractivity contribution in [2.75, 3.05) is 6.54 Å². The summed E-state index contributed by atoms with van der Waals surface area (Å²) in [5.41, 5.74) is -1.01. The number of phenols is 1. The van der Waals surface area contributed by atoms with Gasteiger partial charge in [-0.15, -0.1) is 0 Å². The third-order valence-electron chi connectivity index (χ3n) is 3.37. The zero-order chi connectivity index (χ0) is 15.5. The van der Waals surface area contributed by atoms with E-state index in [0.29, 0.717) is 12.1 Å². The summed E-state index contributed by atoms with van der Waals surface area (Å²) in [6.45, 7) is 5.96. The van der Waals surface area contributed by atoms with Crippen LogP contribution in [-0.4, -0.2) is 27.3 Å². The summed E-state index contributed by atoms with van der Waals surface area (Å²) < 4.78 is 0. The van der Waals surface area contributed by atoms with Crippen LogP contribution in [0.15, 0.2) is 12.1 Å². The number of nitrogens with zero attached hydrogens (tertiary/aromatic N) is 1. The molecule has 0 aliphatic heterocycles. The van der Waals surface area contributed by atoms with Crippen LogP contribution in [0.5, 0.6) is 5.75 Å². The highest BCUT2D eigenvalue weighted by molar-refractivity contribution is 6.31. The standard InChI is InChI=1S/C13H19ClN2O4/c1-8(2)13(3,18)7-15-6-9-4-10(14)5-11(12(9)17)16(19)20/h4-5,8,15,17-18H,6-7H2,1-3H3. The van der Waals surface area contributed by atoms with E-state index in [4.69, 9.17) is 11.6 Å². The summed E-state index contributed by atoms with van der Waals surface area (Å²) in [6.07, 6.45) is 0. The summed E-state index contributed by atoms with van der Waals surface area (Å²) >= 11 is 5.79. The van der Waals surface area contributed by atoms with Crippen LogP contribution in [0.1, 0.15) is 26.3 Å². The zero-order valence-corrected chi connectivity index (χ0v) is 12.4. The van der Waals surface area contributed by atoms with Gasteiger partial charge in [0.25, 0.3) is 0 Å². The summed E-state index contributed by atoms with van der Waals surface area (Å²) in [6, 6.07) is 2.56. The van der Waals surface area contributed by atoms with Crippen molar-refractivity contribution in [3.05, 3.63) is 32.8 Å². The molecular formula is C13H19ClN2O4. The first-order chi connectivity index (χ1) is 9.15. The number of nitrogens with one attached hydrogen (secondary N) is 1. The lowest BCUT2D eigenvalue weighted by Crippen LogP contribution is -2.41. The van der Waals surface area contributed by atoms with E-state index in [9.17, 15) is 20.3 Å². The molecule has 1 atom stereocenters. The molecule has 0 fully saturated rings. The van der Waals surface area contributed by atoms with Gasteiger partial charge in [-0.2, -0.15) is 0 Å². The average Bonchev–Trinajstić information content (AvgIpc) is 2.32. The fourth-order valence-electron chi connectivity index (χ4n) is 1.57. The van der Waals surface area contributed by atoms with Crippen molar-refractivity contribution in [2.24, 2.45) is 5.92 Å². The smallest absolute Gasteiger partial charge is 0.312 e. The zero-order valence-electron chi connectivity index (χ0n) is 11.7. The fraction of sp³-hybridized carbons (Fsp3) is 0.538. The van der Waals surface area contributed by atoms with E-state index in [1.54, 1.807) is 6.92 Å². The Morgan fingerprint density at radius 3 is 2.60 bits per heavy atom. The SMILES string of the molecule is CC(C)C(C)(O)CNCc1cc(Cl)cc([N+](=O)[O-])c1O. The van der Waals surface area contributed by atoms with Crippen LogP contribution in [0.4, 0.5) is 5.69 Å². The number of aromatic hydroxyl groups is 1. The van der Waals surface area contributed by atoms with Gasteiger partial charge in [-0.3, -0.25) is 10.1 Å². The van der Waals surface area contributed by atoms with Crippen LogP contribution in [0.3, 0.4) is 0 Å². The first kappa shape index (κ1) is 16.7. The molecule has 0 spiro atoms. The lowest BCUT2D eigenvalue weighted by atomic mass is 9.92. The molecule has 7 heteroatoms. The molecule has 20 heavy (non-hydrogen) atoms. The molecule has 0 aliphatic rings. The van der Waals surface area contributed by atoms with Crippen LogP contribution >= 0.6 is 11.6 Å². The molecule has 0 saturated heterocycles. The summed E-state index contributed by atoms with van der Waals surface area (Å²) in [4.78, 5) is 10.1. The van der Waals surface area contributed by atoms with Gasteiger partial charge in [-0.05, 0) is 18.9 Å². The number of rotatable bonds is 6. The second-order valence-corrected chi connectivity index (χ2v) is 5.74. The third kappa shape index (κ3) is 4.06. The van der Waals surface area contributed by atoms with Crippen LogP contribution in [0, 0.1) is 16.0 Å². The van der Waals surface area contributed by atoms with E-state index in [2.05, 4.69) is 5.32 Å². The topological polar surface area (TPSA) is 95.6 Å². The van der Waals surface area contributed by atoms with Gasteiger partial charge in [-0.25, -0.2) is 0 Å². The molecule has 1 aromatic carbocycles. The molecule has 0 aliphatic carbocycles. The van der Waals surface area contributed by atoms with Crippen LogP contribution in [-0.2, 0) is 6.54 Å². The molecule has 0 saturated carbocycles. The number of benzene rings is 1. The Bertz CT molecular complexity index is 503. The van der Waals surface area contributed by atoms with Crippen molar-refractivity contribution in [2.45, 2.75) is 32.9 Å². The lowest BCUT2D eigenvalue weighted by molar-refractivity contribution is -0.385. The minimum Gasteiger partial charge on any atom is -0.502 e. The van der Waals surface area contributed by atoms with Crippen molar-refractivity contribution in [1.29, 1.82) is 0 Å². The number of nitro benzene ring substituents is 1. The molecule has 112 valence electrons. The second-order valence-electron chi connectivity index (χ2n) is 5.31. The van der Waals surface area contributed by atoms with E-state index in [-0.39, 0.29) is 17.5 Å². The van der Waals surface area contributed by atoms with Crippen molar-refractivity contribution >= 4 is 17.3 Å². The van der Waals surface area contributed by atoms with E-state index < -0.39 is 22.0 Å². The van der Waals surface area contributed by atoms with E-state index >= 15 is 0 Å². The molecule has 6 nitrogen and oxygen atoms in total. The highest BCUT2D eigenvalue weighted by atomic mass is 35.5. The molecule has 3 N–H and O–H groups in total. The molecule has 1 unspecified atom stereocenters. The van der Waals surface area contributed by atoms with Gasteiger partial charge >= 0.3 is 5.69 Å². The Labute approximate surface area is 122 Å².